The Morgan fingerprint density at radius 2 is 1.00 bits per heavy atom. The molecule has 0 aromatic rings. The van der Waals surface area contributed by atoms with Crippen molar-refractivity contribution in [3.8, 4) is 0 Å². The molecule has 2 heterocycles. The molecule has 2 aliphatic heterocycles. The number of allylic oxidation sites excluding steroid dienone is 4. The number of aliphatic hydroxyl groups excluding tert-OH is 7. The van der Waals surface area contributed by atoms with E-state index in [2.05, 4.69) is 38.2 Å². The number of hydrogen-bond acceptors (Lipinski definition) is 15. The van der Waals surface area contributed by atoms with Crippen LogP contribution in [0.2, 0.25) is 0 Å². The number of unbranched alkanes of at least 4 members (excludes halogenated alkanes) is 16. The second-order valence-electron chi connectivity index (χ2n) is 15.9. The molecule has 15 nitrogen and oxygen atoms in total. The van der Waals surface area contributed by atoms with Gasteiger partial charge in [0, 0.05) is 12.8 Å². The molecule has 344 valence electrons. The molecule has 0 radical (unpaired) electrons. The molecular formula is C44H78O15. The van der Waals surface area contributed by atoms with E-state index in [9.17, 15) is 45.3 Å². The zero-order chi connectivity index (χ0) is 43.3. The van der Waals surface area contributed by atoms with Gasteiger partial charge in [0.25, 0.3) is 0 Å². The fourth-order valence-corrected chi connectivity index (χ4v) is 6.91. The molecule has 2 fully saturated rings. The van der Waals surface area contributed by atoms with E-state index in [1.807, 2.05) is 0 Å². The Kier molecular flexibility index (Phi) is 29.4. The van der Waals surface area contributed by atoms with Crippen molar-refractivity contribution < 1.29 is 73.8 Å². The van der Waals surface area contributed by atoms with Crippen molar-refractivity contribution in [1.29, 1.82) is 0 Å². The lowest BCUT2D eigenvalue weighted by Gasteiger charge is -2.42. The molecule has 0 bridgehead atoms. The second kappa shape index (κ2) is 32.7. The summed E-state index contributed by atoms with van der Waals surface area (Å²) in [7, 11) is 0. The lowest BCUT2D eigenvalue weighted by molar-refractivity contribution is -0.332. The largest absolute Gasteiger partial charge is 0.462 e. The first-order chi connectivity index (χ1) is 28.5. The number of carbonyl (C=O) groups excluding carboxylic acids is 2. The molecule has 0 aliphatic carbocycles. The molecule has 2 saturated heterocycles. The third kappa shape index (κ3) is 22.1. The van der Waals surface area contributed by atoms with Gasteiger partial charge in [0.2, 0.25) is 0 Å². The van der Waals surface area contributed by atoms with Gasteiger partial charge < -0.3 is 64.2 Å². The topological polar surface area (TPSA) is 231 Å². The van der Waals surface area contributed by atoms with Crippen LogP contribution in [0, 0.1) is 0 Å². The van der Waals surface area contributed by atoms with Crippen molar-refractivity contribution in [2.75, 3.05) is 26.4 Å². The number of aliphatic hydroxyl groups is 7. The zero-order valence-corrected chi connectivity index (χ0v) is 35.7. The Labute approximate surface area is 352 Å². The average molecular weight is 847 g/mol. The highest BCUT2D eigenvalue weighted by molar-refractivity contribution is 5.70. The molecule has 4 unspecified atom stereocenters. The molecule has 7 N–H and O–H groups in total. The predicted molar refractivity (Wildman–Crippen MR) is 220 cm³/mol. The summed E-state index contributed by atoms with van der Waals surface area (Å²) in [5.74, 6) is -0.947. The minimum Gasteiger partial charge on any atom is -0.462 e. The molecule has 2 rings (SSSR count). The second-order valence-corrected chi connectivity index (χ2v) is 15.9. The molecule has 0 aromatic heterocycles. The average Bonchev–Trinajstić information content (AvgIpc) is 3.23. The Morgan fingerprint density at radius 1 is 0.542 bits per heavy atom. The van der Waals surface area contributed by atoms with E-state index in [4.69, 9.17) is 28.4 Å². The van der Waals surface area contributed by atoms with Gasteiger partial charge in [0.05, 0.1) is 19.8 Å². The summed E-state index contributed by atoms with van der Waals surface area (Å²) >= 11 is 0. The SMILES string of the molecule is CCCCCC/C=C/C=C/CCCCCCCC(=O)O[C@H](COC(=O)CCCCCCCCCC)CO[C@@H]1O[C@H](CO[C@@H]2O[C@H](CO)[C@H](O)C(O)C2O)[C@H](O)C(O)C1O. The Balaban J connectivity index is 1.86. The fraction of sp³-hybridized carbons (Fsp3) is 0.864. The summed E-state index contributed by atoms with van der Waals surface area (Å²) < 4.78 is 33.4. The van der Waals surface area contributed by atoms with Gasteiger partial charge in [-0.25, -0.2) is 0 Å². The van der Waals surface area contributed by atoms with Crippen molar-refractivity contribution in [1.82, 2.24) is 0 Å². The maximum atomic E-state index is 12.9. The third-order valence-corrected chi connectivity index (χ3v) is 10.7. The number of carbonyl (C=O) groups is 2. The van der Waals surface area contributed by atoms with Crippen LogP contribution in [-0.4, -0.2) is 142 Å². The van der Waals surface area contributed by atoms with Crippen LogP contribution in [-0.2, 0) is 38.0 Å². The van der Waals surface area contributed by atoms with Crippen molar-refractivity contribution in [3.63, 3.8) is 0 Å². The van der Waals surface area contributed by atoms with E-state index in [1.165, 1.54) is 51.4 Å². The molecule has 0 amide bonds. The van der Waals surface area contributed by atoms with Crippen LogP contribution in [0.15, 0.2) is 24.3 Å². The quantitative estimate of drug-likeness (QED) is 0.0275. The van der Waals surface area contributed by atoms with Gasteiger partial charge in [-0.05, 0) is 38.5 Å². The molecular weight excluding hydrogens is 768 g/mol. The molecule has 0 spiro atoms. The van der Waals surface area contributed by atoms with Crippen molar-refractivity contribution in [3.05, 3.63) is 24.3 Å². The summed E-state index contributed by atoms with van der Waals surface area (Å²) in [6, 6.07) is 0. The van der Waals surface area contributed by atoms with E-state index >= 15 is 0 Å². The first kappa shape index (κ1) is 53.1. The van der Waals surface area contributed by atoms with Gasteiger partial charge in [-0.1, -0.05) is 122 Å². The molecule has 11 atom stereocenters. The Morgan fingerprint density at radius 3 is 1.56 bits per heavy atom. The molecule has 59 heavy (non-hydrogen) atoms. The zero-order valence-electron chi connectivity index (χ0n) is 35.7. The Hall–Kier alpha value is -2.02. The maximum Gasteiger partial charge on any atom is 0.306 e. The summed E-state index contributed by atoms with van der Waals surface area (Å²) in [5, 5.41) is 71.7. The number of ether oxygens (including phenoxy) is 6. The van der Waals surface area contributed by atoms with Crippen LogP contribution in [0.1, 0.15) is 149 Å². The van der Waals surface area contributed by atoms with Crippen LogP contribution in [0.5, 0.6) is 0 Å². The van der Waals surface area contributed by atoms with Crippen LogP contribution in [0.3, 0.4) is 0 Å². The minimum absolute atomic E-state index is 0.149. The normalized spacial score (nSPS) is 28.0. The summed E-state index contributed by atoms with van der Waals surface area (Å²) in [5.41, 5.74) is 0. The maximum absolute atomic E-state index is 12.9. The fourth-order valence-electron chi connectivity index (χ4n) is 6.91. The van der Waals surface area contributed by atoms with Crippen LogP contribution >= 0.6 is 0 Å². The standard InChI is InChI=1S/C44H78O15/c1-3-5-7-9-11-13-14-15-16-17-18-19-21-23-25-27-36(47)57-32(29-54-35(46)26-24-22-20-12-10-8-6-4-2)30-55-43-42(53)40(51)38(49)34(59-43)31-56-44-41(52)39(50)37(48)33(28-45)58-44/h13-16,32-34,37-45,48-53H,3-12,17-31H2,1-2H3/b14-13+,16-15+/t32-,33-,34-,37+,38+,39?,40?,41?,42?,43-,44-/m1/s1. The van der Waals surface area contributed by atoms with Gasteiger partial charge in [-0.3, -0.25) is 9.59 Å². The first-order valence-corrected chi connectivity index (χ1v) is 22.4. The molecule has 2 aliphatic rings. The van der Waals surface area contributed by atoms with Crippen molar-refractivity contribution in [2.45, 2.75) is 216 Å². The molecule has 15 heteroatoms. The highest BCUT2D eigenvalue weighted by Crippen LogP contribution is 2.26. The van der Waals surface area contributed by atoms with E-state index in [0.717, 1.165) is 57.8 Å². The minimum atomic E-state index is -1.76. The van der Waals surface area contributed by atoms with Crippen molar-refractivity contribution >= 4 is 11.9 Å². The van der Waals surface area contributed by atoms with Gasteiger partial charge >= 0.3 is 11.9 Å². The Bertz CT molecular complexity index is 1140. The first-order valence-electron chi connectivity index (χ1n) is 22.4. The van der Waals surface area contributed by atoms with Crippen molar-refractivity contribution in [2.24, 2.45) is 0 Å². The highest BCUT2D eigenvalue weighted by Gasteiger charge is 2.47. The molecule has 0 saturated carbocycles. The van der Waals surface area contributed by atoms with Gasteiger partial charge in [-0.2, -0.15) is 0 Å². The van der Waals surface area contributed by atoms with Crippen LogP contribution < -0.4 is 0 Å². The third-order valence-electron chi connectivity index (χ3n) is 10.7. The smallest absolute Gasteiger partial charge is 0.306 e. The van der Waals surface area contributed by atoms with E-state index < -0.39 is 92.7 Å². The molecule has 0 aromatic carbocycles. The van der Waals surface area contributed by atoms with Crippen LogP contribution in [0.25, 0.3) is 0 Å². The van der Waals surface area contributed by atoms with E-state index in [1.54, 1.807) is 0 Å². The summed E-state index contributed by atoms with van der Waals surface area (Å²) in [4.78, 5) is 25.5. The summed E-state index contributed by atoms with van der Waals surface area (Å²) in [6.07, 6.45) is 12.4. The van der Waals surface area contributed by atoms with Gasteiger partial charge in [0.1, 0.15) is 55.4 Å². The van der Waals surface area contributed by atoms with Crippen LogP contribution in [0.4, 0.5) is 0 Å². The summed E-state index contributed by atoms with van der Waals surface area (Å²) in [6.45, 7) is 2.49. The van der Waals surface area contributed by atoms with Gasteiger partial charge in [0.15, 0.2) is 18.7 Å². The lowest BCUT2D eigenvalue weighted by Crippen LogP contribution is -2.61. The monoisotopic (exact) mass is 847 g/mol. The lowest BCUT2D eigenvalue weighted by atomic mass is 9.98. The van der Waals surface area contributed by atoms with E-state index in [0.29, 0.717) is 12.8 Å². The van der Waals surface area contributed by atoms with Gasteiger partial charge in [-0.15, -0.1) is 0 Å². The highest BCUT2D eigenvalue weighted by atomic mass is 16.7. The number of rotatable bonds is 33. The van der Waals surface area contributed by atoms with E-state index in [-0.39, 0.29) is 26.1 Å². The number of esters is 2. The number of hydrogen-bond donors (Lipinski definition) is 7. The predicted octanol–water partition coefficient (Wildman–Crippen LogP) is 4.43.